The molecule has 100 valence electrons. The second-order valence-electron chi connectivity index (χ2n) is 5.75. The van der Waals surface area contributed by atoms with Crippen molar-refractivity contribution in [2.75, 3.05) is 6.54 Å². The number of aryl methyl sites for hydroxylation is 2. The Hall–Kier alpha value is -0.860. The third-order valence-corrected chi connectivity index (χ3v) is 4.21. The minimum absolute atomic E-state index is 0.0942. The van der Waals surface area contributed by atoms with Crippen molar-refractivity contribution in [1.82, 2.24) is 5.32 Å². The van der Waals surface area contributed by atoms with E-state index < -0.39 is 0 Å². The van der Waals surface area contributed by atoms with Gasteiger partial charge in [0, 0.05) is 12.6 Å². The lowest BCUT2D eigenvalue weighted by Crippen LogP contribution is -2.30. The summed E-state index contributed by atoms with van der Waals surface area (Å²) < 4.78 is 0. The first-order valence-electron chi connectivity index (χ1n) is 7.06. The van der Waals surface area contributed by atoms with Crippen LogP contribution in [0.3, 0.4) is 0 Å². The van der Waals surface area contributed by atoms with Gasteiger partial charge in [-0.2, -0.15) is 0 Å². The number of hydrogen-bond acceptors (Lipinski definition) is 2. The SMILES string of the molecule is Cc1ccc(C)c(C(C)NCC2CCCC2O)c1. The molecule has 0 aromatic heterocycles. The van der Waals surface area contributed by atoms with Crippen molar-refractivity contribution in [3.05, 3.63) is 34.9 Å². The summed E-state index contributed by atoms with van der Waals surface area (Å²) in [5, 5.41) is 13.4. The van der Waals surface area contributed by atoms with E-state index in [1.807, 2.05) is 0 Å². The normalized spacial score (nSPS) is 25.3. The average molecular weight is 247 g/mol. The van der Waals surface area contributed by atoms with E-state index in [0.29, 0.717) is 12.0 Å². The van der Waals surface area contributed by atoms with Crippen LogP contribution in [0.2, 0.25) is 0 Å². The minimum Gasteiger partial charge on any atom is -0.393 e. The highest BCUT2D eigenvalue weighted by molar-refractivity contribution is 5.32. The number of nitrogens with one attached hydrogen (secondary N) is 1. The zero-order valence-electron chi connectivity index (χ0n) is 11.7. The second kappa shape index (κ2) is 5.85. The van der Waals surface area contributed by atoms with Gasteiger partial charge in [0.2, 0.25) is 0 Å². The summed E-state index contributed by atoms with van der Waals surface area (Å²) >= 11 is 0. The molecule has 2 rings (SSSR count). The fourth-order valence-electron chi connectivity index (χ4n) is 2.92. The zero-order chi connectivity index (χ0) is 13.1. The van der Waals surface area contributed by atoms with E-state index in [2.05, 4.69) is 44.3 Å². The third kappa shape index (κ3) is 3.12. The average Bonchev–Trinajstić information content (AvgIpc) is 2.75. The quantitative estimate of drug-likeness (QED) is 0.857. The van der Waals surface area contributed by atoms with Crippen LogP contribution >= 0.6 is 0 Å². The highest BCUT2D eigenvalue weighted by Crippen LogP contribution is 2.26. The van der Waals surface area contributed by atoms with Gasteiger partial charge >= 0.3 is 0 Å². The molecule has 1 aliphatic carbocycles. The van der Waals surface area contributed by atoms with E-state index in [4.69, 9.17) is 0 Å². The number of aliphatic hydroxyl groups is 1. The molecule has 0 aliphatic heterocycles. The molecule has 1 aromatic rings. The van der Waals surface area contributed by atoms with Gasteiger partial charge in [0.25, 0.3) is 0 Å². The summed E-state index contributed by atoms with van der Waals surface area (Å²) in [6.07, 6.45) is 3.21. The van der Waals surface area contributed by atoms with Gasteiger partial charge in [-0.15, -0.1) is 0 Å². The number of hydrogen-bond donors (Lipinski definition) is 2. The first-order chi connectivity index (χ1) is 8.58. The predicted molar refractivity (Wildman–Crippen MR) is 75.7 cm³/mol. The smallest absolute Gasteiger partial charge is 0.0580 e. The number of aliphatic hydroxyl groups excluding tert-OH is 1. The number of benzene rings is 1. The minimum atomic E-state index is -0.0942. The lowest BCUT2D eigenvalue weighted by molar-refractivity contribution is 0.130. The Morgan fingerprint density at radius 1 is 1.33 bits per heavy atom. The molecule has 0 spiro atoms. The Labute approximate surface area is 110 Å². The largest absolute Gasteiger partial charge is 0.393 e. The van der Waals surface area contributed by atoms with Crippen LogP contribution in [0.5, 0.6) is 0 Å². The molecule has 18 heavy (non-hydrogen) atoms. The molecule has 2 nitrogen and oxygen atoms in total. The Morgan fingerprint density at radius 3 is 2.78 bits per heavy atom. The zero-order valence-corrected chi connectivity index (χ0v) is 11.7. The van der Waals surface area contributed by atoms with Gasteiger partial charge in [0.05, 0.1) is 6.10 Å². The van der Waals surface area contributed by atoms with E-state index in [9.17, 15) is 5.11 Å². The molecule has 3 unspecified atom stereocenters. The van der Waals surface area contributed by atoms with Crippen LogP contribution in [0.15, 0.2) is 18.2 Å². The van der Waals surface area contributed by atoms with Crippen molar-refractivity contribution in [3.8, 4) is 0 Å². The highest BCUT2D eigenvalue weighted by atomic mass is 16.3. The van der Waals surface area contributed by atoms with Crippen molar-refractivity contribution < 1.29 is 5.11 Å². The molecular weight excluding hydrogens is 222 g/mol. The molecular formula is C16H25NO. The van der Waals surface area contributed by atoms with Crippen LogP contribution in [0.4, 0.5) is 0 Å². The topological polar surface area (TPSA) is 32.3 Å². The molecule has 3 atom stereocenters. The first-order valence-corrected chi connectivity index (χ1v) is 7.06. The summed E-state index contributed by atoms with van der Waals surface area (Å²) in [5.74, 6) is 0.442. The van der Waals surface area contributed by atoms with Gasteiger partial charge < -0.3 is 10.4 Å². The van der Waals surface area contributed by atoms with Crippen LogP contribution in [-0.4, -0.2) is 17.8 Å². The summed E-state index contributed by atoms with van der Waals surface area (Å²) in [6, 6.07) is 6.97. The maximum absolute atomic E-state index is 9.83. The molecule has 2 heteroatoms. The van der Waals surface area contributed by atoms with Crippen LogP contribution in [0.1, 0.15) is 48.9 Å². The monoisotopic (exact) mass is 247 g/mol. The fourth-order valence-corrected chi connectivity index (χ4v) is 2.92. The summed E-state index contributed by atoms with van der Waals surface area (Å²) in [7, 11) is 0. The maximum atomic E-state index is 9.83. The van der Waals surface area contributed by atoms with Gasteiger partial charge in [-0.1, -0.05) is 30.2 Å². The van der Waals surface area contributed by atoms with Gasteiger partial charge in [-0.3, -0.25) is 0 Å². The van der Waals surface area contributed by atoms with E-state index in [-0.39, 0.29) is 6.10 Å². The van der Waals surface area contributed by atoms with Crippen molar-refractivity contribution in [3.63, 3.8) is 0 Å². The molecule has 0 bridgehead atoms. The summed E-state index contributed by atoms with van der Waals surface area (Å²) in [4.78, 5) is 0. The molecule has 0 radical (unpaired) electrons. The van der Waals surface area contributed by atoms with Gasteiger partial charge in [-0.25, -0.2) is 0 Å². The molecule has 1 fully saturated rings. The van der Waals surface area contributed by atoms with Crippen molar-refractivity contribution in [2.45, 2.75) is 52.2 Å². The molecule has 1 aliphatic rings. The van der Waals surface area contributed by atoms with Crippen LogP contribution < -0.4 is 5.32 Å². The van der Waals surface area contributed by atoms with Crippen molar-refractivity contribution in [2.24, 2.45) is 5.92 Å². The molecule has 0 amide bonds. The third-order valence-electron chi connectivity index (χ3n) is 4.21. The van der Waals surface area contributed by atoms with Crippen molar-refractivity contribution in [1.29, 1.82) is 0 Å². The van der Waals surface area contributed by atoms with E-state index in [1.165, 1.54) is 23.1 Å². The Bertz CT molecular complexity index is 402. The Kier molecular flexibility index (Phi) is 4.41. The van der Waals surface area contributed by atoms with Crippen LogP contribution in [0, 0.1) is 19.8 Å². The summed E-state index contributed by atoms with van der Waals surface area (Å²) in [5.41, 5.74) is 4.03. The molecule has 0 saturated heterocycles. The second-order valence-corrected chi connectivity index (χ2v) is 5.75. The highest BCUT2D eigenvalue weighted by Gasteiger charge is 2.25. The maximum Gasteiger partial charge on any atom is 0.0580 e. The van der Waals surface area contributed by atoms with Crippen LogP contribution in [0.25, 0.3) is 0 Å². The first kappa shape index (κ1) is 13.6. The van der Waals surface area contributed by atoms with Gasteiger partial charge in [0.1, 0.15) is 0 Å². The predicted octanol–water partition coefficient (Wildman–Crippen LogP) is 3.12. The molecule has 1 saturated carbocycles. The van der Waals surface area contributed by atoms with E-state index in [1.54, 1.807) is 0 Å². The molecule has 0 heterocycles. The fraction of sp³-hybridized carbons (Fsp3) is 0.625. The number of rotatable bonds is 4. The van der Waals surface area contributed by atoms with Crippen molar-refractivity contribution >= 4 is 0 Å². The van der Waals surface area contributed by atoms with E-state index in [0.717, 1.165) is 19.4 Å². The van der Waals surface area contributed by atoms with E-state index >= 15 is 0 Å². The lowest BCUT2D eigenvalue weighted by atomic mass is 9.99. The van der Waals surface area contributed by atoms with Crippen LogP contribution in [-0.2, 0) is 0 Å². The lowest BCUT2D eigenvalue weighted by Gasteiger charge is -2.21. The van der Waals surface area contributed by atoms with Gasteiger partial charge in [-0.05, 0) is 50.7 Å². The molecule has 2 N–H and O–H groups in total. The molecule has 1 aromatic carbocycles. The standard InChI is InChI=1S/C16H25NO/c1-11-7-8-12(2)15(9-11)13(3)17-10-14-5-4-6-16(14)18/h7-9,13-14,16-18H,4-6,10H2,1-3H3. The van der Waals surface area contributed by atoms with Gasteiger partial charge in [0.15, 0.2) is 0 Å². The summed E-state index contributed by atoms with van der Waals surface area (Å²) in [6.45, 7) is 7.44. The Morgan fingerprint density at radius 2 is 2.11 bits per heavy atom. The Balaban J connectivity index is 1.94.